The second-order valence-corrected chi connectivity index (χ2v) is 6.80. The van der Waals surface area contributed by atoms with Crippen molar-refractivity contribution in [1.82, 2.24) is 0 Å². The van der Waals surface area contributed by atoms with Crippen LogP contribution in [0.25, 0.3) is 0 Å². The lowest BCUT2D eigenvalue weighted by atomic mass is 9.87. The molecule has 0 bridgehead atoms. The Hall–Kier alpha value is -0.580. The lowest BCUT2D eigenvalue weighted by Gasteiger charge is -2.27. The maximum Gasteiger partial charge on any atom is 0.322 e. The molecule has 1 aliphatic rings. The first kappa shape index (κ1) is 12.5. The highest BCUT2D eigenvalue weighted by Gasteiger charge is 2.37. The summed E-state index contributed by atoms with van der Waals surface area (Å²) in [6, 6.07) is 0. The predicted molar refractivity (Wildman–Crippen MR) is 57.4 cm³/mol. The molecule has 0 spiro atoms. The highest BCUT2D eigenvalue weighted by atomic mass is 32.2. The molecule has 1 rings (SSSR count). The average molecular weight is 234 g/mol. The third kappa shape index (κ3) is 2.93. The summed E-state index contributed by atoms with van der Waals surface area (Å²) in [5.74, 6) is -1.35. The molecule has 1 saturated carbocycles. The van der Waals surface area contributed by atoms with E-state index in [1.54, 1.807) is 13.8 Å². The van der Waals surface area contributed by atoms with E-state index < -0.39 is 21.1 Å². The van der Waals surface area contributed by atoms with Crippen molar-refractivity contribution in [2.24, 2.45) is 11.8 Å². The lowest BCUT2D eigenvalue weighted by Crippen LogP contribution is -2.39. The molecule has 0 radical (unpaired) electrons. The van der Waals surface area contributed by atoms with Crippen LogP contribution in [0.4, 0.5) is 0 Å². The number of carboxylic acid groups (broad SMARTS) is 1. The molecule has 0 amide bonds. The molecule has 5 heteroatoms. The van der Waals surface area contributed by atoms with Gasteiger partial charge in [0.25, 0.3) is 0 Å². The first-order valence-electron chi connectivity index (χ1n) is 5.29. The molecule has 4 nitrogen and oxygen atoms in total. The van der Waals surface area contributed by atoms with Gasteiger partial charge in [-0.15, -0.1) is 0 Å². The molecule has 0 heterocycles. The van der Waals surface area contributed by atoms with Gasteiger partial charge in [0.05, 0.1) is 5.75 Å². The van der Waals surface area contributed by atoms with Crippen LogP contribution in [0.5, 0.6) is 0 Å². The third-order valence-electron chi connectivity index (χ3n) is 2.93. The Bertz CT molecular complexity index is 327. The van der Waals surface area contributed by atoms with E-state index in [4.69, 9.17) is 5.11 Å². The van der Waals surface area contributed by atoms with Crippen molar-refractivity contribution in [1.29, 1.82) is 0 Å². The molecule has 0 aromatic heterocycles. The summed E-state index contributed by atoms with van der Waals surface area (Å²) in [4.78, 5) is 10.9. The van der Waals surface area contributed by atoms with Gasteiger partial charge in [0.2, 0.25) is 0 Å². The molecule has 0 saturated heterocycles. The van der Waals surface area contributed by atoms with Gasteiger partial charge in [-0.25, -0.2) is 8.42 Å². The molecule has 1 N–H and O–H groups in total. The van der Waals surface area contributed by atoms with Crippen molar-refractivity contribution >= 4 is 15.8 Å². The van der Waals surface area contributed by atoms with Gasteiger partial charge in [0.15, 0.2) is 15.1 Å². The summed E-state index contributed by atoms with van der Waals surface area (Å²) in [7, 11) is -3.48. The van der Waals surface area contributed by atoms with E-state index in [0.29, 0.717) is 0 Å². The SMILES string of the molecule is CC(C)C(C(=O)O)S(=O)(=O)CC1CCC1. The minimum atomic E-state index is -3.48. The van der Waals surface area contributed by atoms with Crippen molar-refractivity contribution in [3.05, 3.63) is 0 Å². The Morgan fingerprint density at radius 1 is 1.40 bits per heavy atom. The van der Waals surface area contributed by atoms with E-state index in [9.17, 15) is 13.2 Å². The Morgan fingerprint density at radius 3 is 2.20 bits per heavy atom. The Balaban J connectivity index is 2.75. The Labute approximate surface area is 90.6 Å². The van der Waals surface area contributed by atoms with E-state index >= 15 is 0 Å². The zero-order chi connectivity index (χ0) is 11.6. The van der Waals surface area contributed by atoms with E-state index in [1.165, 1.54) is 0 Å². The number of hydrogen-bond donors (Lipinski definition) is 1. The molecule has 0 aromatic carbocycles. The fourth-order valence-electron chi connectivity index (χ4n) is 1.95. The van der Waals surface area contributed by atoms with Crippen LogP contribution in [-0.2, 0) is 14.6 Å². The molecule has 0 aliphatic heterocycles. The molecule has 15 heavy (non-hydrogen) atoms. The smallest absolute Gasteiger partial charge is 0.322 e. The minimum Gasteiger partial charge on any atom is -0.480 e. The van der Waals surface area contributed by atoms with Crippen LogP contribution >= 0.6 is 0 Å². The monoisotopic (exact) mass is 234 g/mol. The minimum absolute atomic E-state index is 0.0438. The number of carboxylic acids is 1. The van der Waals surface area contributed by atoms with Crippen molar-refractivity contribution in [3.63, 3.8) is 0 Å². The average Bonchev–Trinajstić information content (AvgIpc) is 1.94. The van der Waals surface area contributed by atoms with Gasteiger partial charge in [0, 0.05) is 0 Å². The van der Waals surface area contributed by atoms with E-state index in [0.717, 1.165) is 19.3 Å². The standard InChI is InChI=1S/C10H18O4S/c1-7(2)9(10(11)12)15(13,14)6-8-4-3-5-8/h7-9H,3-6H2,1-2H3,(H,11,12). The fraction of sp³-hybridized carbons (Fsp3) is 0.900. The summed E-state index contributed by atoms with van der Waals surface area (Å²) in [5, 5.41) is 7.67. The summed E-state index contributed by atoms with van der Waals surface area (Å²) in [6.07, 6.45) is 2.91. The van der Waals surface area contributed by atoms with E-state index in [2.05, 4.69) is 0 Å². The highest BCUT2D eigenvalue weighted by Crippen LogP contribution is 2.29. The number of carbonyl (C=O) groups is 1. The summed E-state index contributed by atoms with van der Waals surface area (Å²) in [6.45, 7) is 3.27. The fourth-order valence-corrected chi connectivity index (χ4v) is 4.28. The van der Waals surface area contributed by atoms with Crippen molar-refractivity contribution in [2.75, 3.05) is 5.75 Å². The zero-order valence-electron chi connectivity index (χ0n) is 9.14. The van der Waals surface area contributed by atoms with Crippen molar-refractivity contribution in [2.45, 2.75) is 38.4 Å². The van der Waals surface area contributed by atoms with Crippen LogP contribution in [0.3, 0.4) is 0 Å². The van der Waals surface area contributed by atoms with Gasteiger partial charge in [-0.3, -0.25) is 4.79 Å². The van der Waals surface area contributed by atoms with Crippen LogP contribution in [0.2, 0.25) is 0 Å². The van der Waals surface area contributed by atoms with Crippen LogP contribution in [0.1, 0.15) is 33.1 Å². The van der Waals surface area contributed by atoms with Gasteiger partial charge in [0.1, 0.15) is 0 Å². The van der Waals surface area contributed by atoms with Crippen LogP contribution in [-0.4, -0.2) is 30.5 Å². The summed E-state index contributed by atoms with van der Waals surface area (Å²) >= 11 is 0. The second-order valence-electron chi connectivity index (χ2n) is 4.63. The van der Waals surface area contributed by atoms with Gasteiger partial charge < -0.3 is 5.11 Å². The van der Waals surface area contributed by atoms with Crippen molar-refractivity contribution in [3.8, 4) is 0 Å². The van der Waals surface area contributed by atoms with Gasteiger partial charge >= 0.3 is 5.97 Å². The van der Waals surface area contributed by atoms with Gasteiger partial charge in [-0.2, -0.15) is 0 Å². The molecule has 0 aromatic rings. The third-order valence-corrected chi connectivity index (χ3v) is 5.38. The van der Waals surface area contributed by atoms with E-state index in [1.807, 2.05) is 0 Å². The summed E-state index contributed by atoms with van der Waals surface area (Å²) in [5.41, 5.74) is 0. The van der Waals surface area contributed by atoms with E-state index in [-0.39, 0.29) is 17.6 Å². The highest BCUT2D eigenvalue weighted by molar-refractivity contribution is 7.92. The number of rotatable bonds is 5. The molecule has 1 fully saturated rings. The normalized spacial score (nSPS) is 19.9. The van der Waals surface area contributed by atoms with Crippen LogP contribution in [0.15, 0.2) is 0 Å². The van der Waals surface area contributed by atoms with Gasteiger partial charge in [-0.1, -0.05) is 20.3 Å². The summed E-state index contributed by atoms with van der Waals surface area (Å²) < 4.78 is 23.7. The quantitative estimate of drug-likeness (QED) is 0.778. The van der Waals surface area contributed by atoms with Crippen molar-refractivity contribution < 1.29 is 18.3 Å². The molecule has 1 aliphatic carbocycles. The Kier molecular flexibility index (Phi) is 3.76. The molecular weight excluding hydrogens is 216 g/mol. The zero-order valence-corrected chi connectivity index (χ0v) is 9.96. The molecular formula is C10H18O4S. The topological polar surface area (TPSA) is 71.4 Å². The largest absolute Gasteiger partial charge is 0.480 e. The maximum absolute atomic E-state index is 11.8. The number of sulfone groups is 1. The predicted octanol–water partition coefficient (Wildman–Crippen LogP) is 1.31. The van der Waals surface area contributed by atoms with Gasteiger partial charge in [-0.05, 0) is 24.7 Å². The first-order chi connectivity index (χ1) is 6.84. The maximum atomic E-state index is 11.8. The van der Waals surface area contributed by atoms with Crippen LogP contribution in [0, 0.1) is 11.8 Å². The van der Waals surface area contributed by atoms with Crippen LogP contribution < -0.4 is 0 Å². The molecule has 1 unspecified atom stereocenters. The Morgan fingerprint density at radius 2 is 1.93 bits per heavy atom. The number of hydrogen-bond acceptors (Lipinski definition) is 3. The molecule has 88 valence electrons. The molecule has 1 atom stereocenters. The first-order valence-corrected chi connectivity index (χ1v) is 7.00. The number of aliphatic carboxylic acids is 1. The second kappa shape index (κ2) is 4.51. The lowest BCUT2D eigenvalue weighted by molar-refractivity contribution is -0.137.